The number of halogens is 2. The average Bonchev–Trinajstić information content (AvgIpc) is 3.09. The smallest absolute Gasteiger partial charge is 0.284 e. The second-order valence-electron chi connectivity index (χ2n) is 6.17. The maximum atomic E-state index is 12.2. The molecular formula is C19H23F2NO2S. The van der Waals surface area contributed by atoms with Crippen LogP contribution < -0.4 is 5.32 Å². The molecule has 0 bridgehead atoms. The molecule has 2 aromatic rings. The molecule has 1 saturated heterocycles. The van der Waals surface area contributed by atoms with E-state index in [2.05, 4.69) is 17.4 Å². The number of ether oxygens (including phenoxy) is 1. The maximum Gasteiger partial charge on any atom is 0.284 e. The molecule has 1 aliphatic heterocycles. The molecule has 0 amide bonds. The van der Waals surface area contributed by atoms with Crippen LogP contribution in [0.3, 0.4) is 0 Å². The molecule has 0 saturated carbocycles. The van der Waals surface area contributed by atoms with Crippen LogP contribution in [0.1, 0.15) is 36.0 Å². The van der Waals surface area contributed by atoms with Crippen LogP contribution in [-0.4, -0.2) is 18.9 Å². The van der Waals surface area contributed by atoms with E-state index in [1.54, 1.807) is 6.07 Å². The van der Waals surface area contributed by atoms with E-state index in [0.29, 0.717) is 30.0 Å². The number of furan rings is 1. The molecule has 2 atom stereocenters. The van der Waals surface area contributed by atoms with Crippen LogP contribution in [0.15, 0.2) is 46.9 Å². The van der Waals surface area contributed by atoms with E-state index in [1.807, 2.05) is 24.3 Å². The Kier molecular flexibility index (Phi) is 6.90. The Morgan fingerprint density at radius 3 is 2.72 bits per heavy atom. The first-order valence-electron chi connectivity index (χ1n) is 8.57. The van der Waals surface area contributed by atoms with E-state index in [1.165, 1.54) is 5.56 Å². The molecule has 136 valence electrons. The number of thioether (sulfide) groups is 1. The Bertz CT molecular complexity index is 635. The van der Waals surface area contributed by atoms with Gasteiger partial charge in [-0.05, 0) is 30.5 Å². The highest BCUT2D eigenvalue weighted by Gasteiger charge is 2.27. The summed E-state index contributed by atoms with van der Waals surface area (Å²) in [5.41, 5.74) is 1.22. The van der Waals surface area contributed by atoms with Gasteiger partial charge in [-0.15, -0.1) is 0 Å². The minimum Gasteiger partial charge on any atom is -0.464 e. The third-order valence-corrected chi connectivity index (χ3v) is 5.05. The molecule has 0 radical (unpaired) electrons. The van der Waals surface area contributed by atoms with Gasteiger partial charge in [-0.25, -0.2) is 0 Å². The zero-order valence-corrected chi connectivity index (χ0v) is 14.8. The minimum atomic E-state index is -2.37. The maximum absolute atomic E-state index is 12.2. The van der Waals surface area contributed by atoms with Crippen molar-refractivity contribution in [3.63, 3.8) is 0 Å². The largest absolute Gasteiger partial charge is 0.464 e. The first-order chi connectivity index (χ1) is 12.2. The molecule has 6 heteroatoms. The van der Waals surface area contributed by atoms with Crippen molar-refractivity contribution in [1.82, 2.24) is 5.32 Å². The monoisotopic (exact) mass is 367 g/mol. The standard InChI is InChI=1S/C19H23F2NO2S/c20-19(21)25-13-17-9-8-16(24-17)12-22-11-15-7-4-10-23-18(15)14-5-2-1-3-6-14/h1-3,5-6,8-9,15,18-19,22H,4,7,10-13H2. The molecule has 3 nitrogen and oxygen atoms in total. The van der Waals surface area contributed by atoms with Gasteiger partial charge in [-0.1, -0.05) is 42.1 Å². The molecule has 25 heavy (non-hydrogen) atoms. The van der Waals surface area contributed by atoms with Crippen LogP contribution in [0.4, 0.5) is 8.78 Å². The van der Waals surface area contributed by atoms with E-state index in [0.717, 1.165) is 31.8 Å². The molecule has 1 fully saturated rings. The van der Waals surface area contributed by atoms with E-state index < -0.39 is 5.76 Å². The average molecular weight is 367 g/mol. The summed E-state index contributed by atoms with van der Waals surface area (Å²) in [5.74, 6) is -0.388. The fraction of sp³-hybridized carbons (Fsp3) is 0.474. The summed E-state index contributed by atoms with van der Waals surface area (Å²) in [5, 5.41) is 3.42. The highest BCUT2D eigenvalue weighted by atomic mass is 32.2. The van der Waals surface area contributed by atoms with E-state index in [9.17, 15) is 8.78 Å². The Labute approximate surface area is 151 Å². The molecule has 0 spiro atoms. The molecule has 1 aromatic carbocycles. The lowest BCUT2D eigenvalue weighted by Gasteiger charge is -2.32. The molecule has 1 N–H and O–H groups in total. The normalized spacial score (nSPS) is 20.9. The van der Waals surface area contributed by atoms with Crippen molar-refractivity contribution in [3.8, 4) is 0 Å². The van der Waals surface area contributed by atoms with Crippen molar-refractivity contribution >= 4 is 11.8 Å². The molecule has 1 aliphatic rings. The van der Waals surface area contributed by atoms with E-state index >= 15 is 0 Å². The first-order valence-corrected chi connectivity index (χ1v) is 9.62. The van der Waals surface area contributed by atoms with Crippen LogP contribution in [0.25, 0.3) is 0 Å². The van der Waals surface area contributed by atoms with Gasteiger partial charge in [0.05, 0.1) is 18.4 Å². The highest BCUT2D eigenvalue weighted by molar-refractivity contribution is 7.98. The lowest BCUT2D eigenvalue weighted by atomic mass is 9.89. The Balaban J connectivity index is 1.49. The molecular weight excluding hydrogens is 344 g/mol. The van der Waals surface area contributed by atoms with Gasteiger partial charge < -0.3 is 14.5 Å². The van der Waals surface area contributed by atoms with Crippen molar-refractivity contribution in [2.45, 2.75) is 37.0 Å². The second-order valence-corrected chi connectivity index (χ2v) is 7.15. The van der Waals surface area contributed by atoms with Crippen molar-refractivity contribution in [3.05, 3.63) is 59.5 Å². The first kappa shape index (κ1) is 18.4. The zero-order valence-electron chi connectivity index (χ0n) is 14.0. The van der Waals surface area contributed by atoms with Crippen molar-refractivity contribution in [2.75, 3.05) is 13.2 Å². The third kappa shape index (κ3) is 5.56. The van der Waals surface area contributed by atoms with Gasteiger partial charge in [0.15, 0.2) is 0 Å². The van der Waals surface area contributed by atoms with Gasteiger partial charge in [-0.3, -0.25) is 0 Å². The molecule has 3 rings (SSSR count). The molecule has 0 aliphatic carbocycles. The van der Waals surface area contributed by atoms with Crippen molar-refractivity contribution in [1.29, 1.82) is 0 Å². The predicted molar refractivity (Wildman–Crippen MR) is 95.6 cm³/mol. The summed E-state index contributed by atoms with van der Waals surface area (Å²) in [6, 6.07) is 13.9. The fourth-order valence-corrected chi connectivity index (χ4v) is 3.63. The topological polar surface area (TPSA) is 34.4 Å². The number of hydrogen-bond acceptors (Lipinski definition) is 4. The van der Waals surface area contributed by atoms with Crippen LogP contribution in [0, 0.1) is 5.92 Å². The van der Waals surface area contributed by atoms with E-state index in [-0.39, 0.29) is 11.9 Å². The quantitative estimate of drug-likeness (QED) is 0.713. The predicted octanol–water partition coefficient (Wildman–Crippen LogP) is 4.99. The van der Waals surface area contributed by atoms with E-state index in [4.69, 9.17) is 9.15 Å². The Morgan fingerprint density at radius 2 is 1.92 bits per heavy atom. The summed E-state index contributed by atoms with van der Waals surface area (Å²) in [7, 11) is 0. The van der Waals surface area contributed by atoms with Crippen molar-refractivity contribution < 1.29 is 17.9 Å². The van der Waals surface area contributed by atoms with Gasteiger partial charge in [0, 0.05) is 19.1 Å². The second kappa shape index (κ2) is 9.36. The summed E-state index contributed by atoms with van der Waals surface area (Å²) in [6.07, 6.45) is 2.32. The number of rotatable bonds is 8. The van der Waals surface area contributed by atoms with Gasteiger partial charge >= 0.3 is 0 Å². The lowest BCUT2D eigenvalue weighted by Crippen LogP contribution is -2.31. The minimum absolute atomic E-state index is 0.122. The van der Waals surface area contributed by atoms with Gasteiger partial charge in [0.25, 0.3) is 5.76 Å². The number of alkyl halides is 2. The SMILES string of the molecule is FC(F)SCc1ccc(CNCC2CCCOC2c2ccccc2)o1. The zero-order chi connectivity index (χ0) is 17.5. The number of hydrogen-bond donors (Lipinski definition) is 1. The molecule has 2 heterocycles. The summed E-state index contributed by atoms with van der Waals surface area (Å²) in [6.45, 7) is 2.23. The van der Waals surface area contributed by atoms with Crippen molar-refractivity contribution in [2.24, 2.45) is 5.92 Å². The van der Waals surface area contributed by atoms with Gasteiger partial charge in [0.1, 0.15) is 11.5 Å². The van der Waals surface area contributed by atoms with Gasteiger partial charge in [-0.2, -0.15) is 8.78 Å². The summed E-state index contributed by atoms with van der Waals surface area (Å²) < 4.78 is 36.0. The Hall–Kier alpha value is -1.37. The highest BCUT2D eigenvalue weighted by Crippen LogP contribution is 2.33. The number of benzene rings is 1. The fourth-order valence-electron chi connectivity index (χ4n) is 3.18. The van der Waals surface area contributed by atoms with Crippen LogP contribution >= 0.6 is 11.8 Å². The summed E-state index contributed by atoms with van der Waals surface area (Å²) >= 11 is 0.578. The third-order valence-electron chi connectivity index (χ3n) is 4.35. The molecule has 2 unspecified atom stereocenters. The molecule has 1 aromatic heterocycles. The van der Waals surface area contributed by atoms with Crippen LogP contribution in [-0.2, 0) is 17.0 Å². The summed E-state index contributed by atoms with van der Waals surface area (Å²) in [4.78, 5) is 0. The van der Waals surface area contributed by atoms with Crippen LogP contribution in [0.5, 0.6) is 0 Å². The lowest BCUT2D eigenvalue weighted by molar-refractivity contribution is -0.0279. The Morgan fingerprint density at radius 1 is 1.12 bits per heavy atom. The van der Waals surface area contributed by atoms with Gasteiger partial charge in [0.2, 0.25) is 0 Å². The number of nitrogens with one attached hydrogen (secondary N) is 1. The van der Waals surface area contributed by atoms with Crippen LogP contribution in [0.2, 0.25) is 0 Å².